The molecule has 2 aliphatic rings. The molecule has 5 heterocycles. The summed E-state index contributed by atoms with van der Waals surface area (Å²) in [5, 5.41) is 3.60. The number of nitrogens with one attached hydrogen (secondary N) is 1. The van der Waals surface area contributed by atoms with E-state index in [-0.39, 0.29) is 0 Å². The lowest BCUT2D eigenvalue weighted by Gasteiger charge is -2.27. The Bertz CT molecular complexity index is 1200. The van der Waals surface area contributed by atoms with E-state index >= 15 is 0 Å². The molecule has 0 aromatic carbocycles. The first kappa shape index (κ1) is 20.0. The summed E-state index contributed by atoms with van der Waals surface area (Å²) in [5.74, 6) is 1.55. The summed E-state index contributed by atoms with van der Waals surface area (Å²) in [6.45, 7) is 1.27. The fourth-order valence-electron chi connectivity index (χ4n) is 3.56. The molecule has 3 aromatic heterocycles. The van der Waals surface area contributed by atoms with Crippen LogP contribution in [0.1, 0.15) is 17.9 Å². The molecule has 2 aliphatic heterocycles. The zero-order valence-electron chi connectivity index (χ0n) is 16.3. The third kappa shape index (κ3) is 4.13. The Balaban J connectivity index is 1.44. The highest BCUT2D eigenvalue weighted by molar-refractivity contribution is 7.85. The Morgan fingerprint density at radius 3 is 2.74 bits per heavy atom. The van der Waals surface area contributed by atoms with E-state index in [1.807, 2.05) is 11.0 Å². The van der Waals surface area contributed by atoms with Crippen LogP contribution in [-0.4, -0.2) is 48.0 Å². The molecule has 5 rings (SSSR count). The lowest BCUT2D eigenvalue weighted by molar-refractivity contribution is 0.584. The number of anilines is 3. The van der Waals surface area contributed by atoms with Gasteiger partial charge in [-0.3, -0.25) is 4.21 Å². The smallest absolute Gasteiger partial charge is 0.227 e. The second kappa shape index (κ2) is 8.27. The normalized spacial score (nSPS) is 17.9. The van der Waals surface area contributed by atoms with Crippen molar-refractivity contribution in [2.45, 2.75) is 17.7 Å². The lowest BCUT2D eigenvalue weighted by Crippen LogP contribution is -2.30. The van der Waals surface area contributed by atoms with E-state index in [2.05, 4.69) is 30.2 Å². The van der Waals surface area contributed by atoms with Crippen LogP contribution in [0.15, 0.2) is 41.7 Å². The molecule has 0 spiro atoms. The topological polar surface area (TPSA) is 96.8 Å². The molecule has 3 aromatic rings. The number of halogens is 2. The predicted octanol–water partition coefficient (Wildman–Crippen LogP) is 3.16. The average Bonchev–Trinajstić information content (AvgIpc) is 3.15. The van der Waals surface area contributed by atoms with Gasteiger partial charge < -0.3 is 10.2 Å². The largest absolute Gasteiger partial charge is 0.339 e. The summed E-state index contributed by atoms with van der Waals surface area (Å²) in [6.07, 6.45) is 7.93. The maximum atomic E-state index is 13.5. The highest BCUT2D eigenvalue weighted by Gasteiger charge is 2.28. The molecular weight excluding hydrogens is 441 g/mol. The van der Waals surface area contributed by atoms with E-state index in [4.69, 9.17) is 11.6 Å². The molecule has 158 valence electrons. The van der Waals surface area contributed by atoms with Crippen LogP contribution in [0.5, 0.6) is 0 Å². The Labute approximate surface area is 185 Å². The molecule has 31 heavy (non-hydrogen) atoms. The number of rotatable bonds is 4. The third-order valence-corrected chi connectivity index (χ3v) is 6.72. The van der Waals surface area contributed by atoms with Crippen LogP contribution in [-0.2, 0) is 17.2 Å². The zero-order valence-corrected chi connectivity index (χ0v) is 17.8. The van der Waals surface area contributed by atoms with Gasteiger partial charge in [-0.05, 0) is 18.1 Å². The summed E-state index contributed by atoms with van der Waals surface area (Å²) >= 11 is 5.87. The standard InChI is InChI=1S/C20H17ClFN7OS/c21-13-10-24-18(25-11-13)12-2-6-29(7-3-12)20-27-15-4-8-31(30)17(15)19(28-20)26-14-1-5-23-16(22)9-14/h1-2,5,9-11H,3-4,6-8H2,(H,23,26,27,28). The first-order chi connectivity index (χ1) is 15.1. The van der Waals surface area contributed by atoms with Gasteiger partial charge in [0.1, 0.15) is 4.90 Å². The molecule has 1 N–H and O–H groups in total. The number of aromatic nitrogens is 5. The van der Waals surface area contributed by atoms with Crippen molar-refractivity contribution < 1.29 is 8.60 Å². The van der Waals surface area contributed by atoms with E-state index in [1.54, 1.807) is 18.5 Å². The molecule has 0 saturated carbocycles. The summed E-state index contributed by atoms with van der Waals surface area (Å²) in [4.78, 5) is 24.1. The number of pyridine rings is 1. The molecule has 0 fully saturated rings. The van der Waals surface area contributed by atoms with Gasteiger partial charge in [-0.25, -0.2) is 19.9 Å². The van der Waals surface area contributed by atoms with Crippen LogP contribution in [0.3, 0.4) is 0 Å². The quantitative estimate of drug-likeness (QED) is 0.597. The number of hydrogen-bond donors (Lipinski definition) is 1. The maximum absolute atomic E-state index is 13.5. The molecule has 0 bridgehead atoms. The van der Waals surface area contributed by atoms with Gasteiger partial charge in [0.15, 0.2) is 11.6 Å². The van der Waals surface area contributed by atoms with E-state index in [0.717, 1.165) is 17.7 Å². The third-order valence-electron chi connectivity index (χ3n) is 5.06. The van der Waals surface area contributed by atoms with Crippen LogP contribution >= 0.6 is 11.6 Å². The number of nitrogens with zero attached hydrogens (tertiary/aromatic N) is 6. The van der Waals surface area contributed by atoms with E-state index < -0.39 is 16.7 Å². The Morgan fingerprint density at radius 1 is 1.16 bits per heavy atom. The van der Waals surface area contributed by atoms with Crippen molar-refractivity contribution >= 4 is 45.4 Å². The van der Waals surface area contributed by atoms with Crippen molar-refractivity contribution in [2.24, 2.45) is 0 Å². The van der Waals surface area contributed by atoms with Crippen LogP contribution in [0.25, 0.3) is 5.57 Å². The van der Waals surface area contributed by atoms with Crippen molar-refractivity contribution in [2.75, 3.05) is 29.1 Å². The van der Waals surface area contributed by atoms with Crippen LogP contribution in [0, 0.1) is 5.95 Å². The Hall–Kier alpha value is -2.98. The van der Waals surface area contributed by atoms with E-state index in [9.17, 15) is 8.60 Å². The van der Waals surface area contributed by atoms with Crippen LogP contribution < -0.4 is 10.2 Å². The minimum atomic E-state index is -1.19. The van der Waals surface area contributed by atoms with Crippen LogP contribution in [0.4, 0.5) is 21.8 Å². The van der Waals surface area contributed by atoms with Gasteiger partial charge in [-0.2, -0.15) is 9.37 Å². The van der Waals surface area contributed by atoms with Crippen LogP contribution in [0.2, 0.25) is 5.02 Å². The highest BCUT2D eigenvalue weighted by Crippen LogP contribution is 2.32. The first-order valence-corrected chi connectivity index (χ1v) is 11.4. The zero-order chi connectivity index (χ0) is 21.4. The summed E-state index contributed by atoms with van der Waals surface area (Å²) < 4.78 is 26.0. The van der Waals surface area contributed by atoms with Crippen molar-refractivity contribution in [3.63, 3.8) is 0 Å². The molecule has 0 radical (unpaired) electrons. The van der Waals surface area contributed by atoms with Crippen molar-refractivity contribution in [3.8, 4) is 0 Å². The van der Waals surface area contributed by atoms with Gasteiger partial charge in [0.25, 0.3) is 0 Å². The minimum Gasteiger partial charge on any atom is -0.339 e. The van der Waals surface area contributed by atoms with Gasteiger partial charge in [0.2, 0.25) is 11.9 Å². The monoisotopic (exact) mass is 457 g/mol. The van der Waals surface area contributed by atoms with Gasteiger partial charge in [-0.1, -0.05) is 17.7 Å². The summed E-state index contributed by atoms with van der Waals surface area (Å²) in [7, 11) is -1.19. The highest BCUT2D eigenvalue weighted by atomic mass is 35.5. The number of aryl methyl sites for hydroxylation is 1. The lowest BCUT2D eigenvalue weighted by atomic mass is 10.1. The first-order valence-electron chi connectivity index (χ1n) is 9.66. The summed E-state index contributed by atoms with van der Waals surface area (Å²) in [6, 6.07) is 2.91. The Morgan fingerprint density at radius 2 is 2.00 bits per heavy atom. The minimum absolute atomic E-state index is 0.442. The van der Waals surface area contributed by atoms with Crippen molar-refractivity contribution in [1.82, 2.24) is 24.9 Å². The van der Waals surface area contributed by atoms with E-state index in [1.165, 1.54) is 12.3 Å². The predicted molar refractivity (Wildman–Crippen MR) is 116 cm³/mol. The Kier molecular flexibility index (Phi) is 5.33. The second-order valence-electron chi connectivity index (χ2n) is 7.09. The fourth-order valence-corrected chi connectivity index (χ4v) is 4.96. The number of hydrogen-bond acceptors (Lipinski definition) is 8. The molecule has 0 amide bonds. The molecule has 1 unspecified atom stereocenters. The number of fused-ring (bicyclic) bond motifs is 1. The molecule has 0 aliphatic carbocycles. The molecule has 11 heteroatoms. The molecule has 0 saturated heterocycles. The SMILES string of the molecule is O=S1CCc2nc(N3CC=C(c4ncc(Cl)cn4)CC3)nc(Nc3ccnc(F)c3)c21. The van der Waals surface area contributed by atoms with E-state index in [0.29, 0.717) is 58.5 Å². The average molecular weight is 458 g/mol. The van der Waals surface area contributed by atoms with Crippen molar-refractivity contribution in [3.05, 3.63) is 59.3 Å². The van der Waals surface area contributed by atoms with Gasteiger partial charge in [0, 0.05) is 55.6 Å². The fraction of sp³-hybridized carbons (Fsp3) is 0.250. The van der Waals surface area contributed by atoms with Gasteiger partial charge >= 0.3 is 0 Å². The second-order valence-corrected chi connectivity index (χ2v) is 9.03. The van der Waals surface area contributed by atoms with Gasteiger partial charge in [0.05, 0.1) is 21.5 Å². The van der Waals surface area contributed by atoms with Gasteiger partial charge in [-0.15, -0.1) is 0 Å². The molecular formula is C20H17ClFN7OS. The molecule has 1 atom stereocenters. The molecule has 8 nitrogen and oxygen atoms in total. The maximum Gasteiger partial charge on any atom is 0.227 e. The summed E-state index contributed by atoms with van der Waals surface area (Å²) in [5.41, 5.74) is 2.29. The van der Waals surface area contributed by atoms with Crippen molar-refractivity contribution in [1.29, 1.82) is 0 Å².